The third-order valence-corrected chi connectivity index (χ3v) is 2.65. The molecular weight excluding hydrogens is 254 g/mol. The zero-order chi connectivity index (χ0) is 10.1. The molecule has 0 saturated carbocycles. The van der Waals surface area contributed by atoms with Crippen LogP contribution in [-0.2, 0) is 5.33 Å². The summed E-state index contributed by atoms with van der Waals surface area (Å²) < 4.78 is 25.2. The predicted octanol–water partition coefficient (Wildman–Crippen LogP) is 3.40. The van der Waals surface area contributed by atoms with Gasteiger partial charge in [0.2, 0.25) is 0 Å². The lowest BCUT2D eigenvalue weighted by molar-refractivity contribution is 0.153. The molecule has 14 heavy (non-hydrogen) atoms. The Balaban J connectivity index is 2.70. The van der Waals surface area contributed by atoms with E-state index in [1.165, 1.54) is 12.4 Å². The maximum atomic E-state index is 12.6. The van der Waals surface area contributed by atoms with E-state index in [0.29, 0.717) is 16.4 Å². The number of aromatic amines is 1. The van der Waals surface area contributed by atoms with Crippen molar-refractivity contribution in [3.05, 3.63) is 29.6 Å². The summed E-state index contributed by atoms with van der Waals surface area (Å²) in [6.45, 7) is 0. The highest BCUT2D eigenvalue weighted by Gasteiger charge is 2.14. The number of fused-ring (bicyclic) bond motifs is 1. The van der Waals surface area contributed by atoms with Crippen LogP contribution in [0.25, 0.3) is 11.0 Å². The van der Waals surface area contributed by atoms with Crippen molar-refractivity contribution in [2.75, 3.05) is 0 Å². The highest BCUT2D eigenvalue weighted by Crippen LogP contribution is 2.27. The van der Waals surface area contributed by atoms with E-state index in [1.54, 1.807) is 0 Å². The van der Waals surface area contributed by atoms with Gasteiger partial charge in [0.15, 0.2) is 0 Å². The topological polar surface area (TPSA) is 28.7 Å². The summed E-state index contributed by atoms with van der Waals surface area (Å²) in [4.78, 5) is 6.69. The van der Waals surface area contributed by atoms with Crippen molar-refractivity contribution in [3.8, 4) is 0 Å². The van der Waals surface area contributed by atoms with Crippen LogP contribution in [-0.4, -0.2) is 9.97 Å². The molecule has 1 N–H and O–H groups in total. The summed E-state index contributed by atoms with van der Waals surface area (Å²) in [7, 11) is 0. The van der Waals surface area contributed by atoms with Crippen LogP contribution < -0.4 is 0 Å². The van der Waals surface area contributed by atoms with Crippen molar-refractivity contribution >= 4 is 27.0 Å². The molecule has 5 heteroatoms. The molecule has 0 radical (unpaired) electrons. The number of hydrogen-bond acceptors (Lipinski definition) is 1. The summed E-state index contributed by atoms with van der Waals surface area (Å²) in [6.07, 6.45) is -1.06. The van der Waals surface area contributed by atoms with E-state index in [9.17, 15) is 8.78 Å². The van der Waals surface area contributed by atoms with Gasteiger partial charge in [0.05, 0.1) is 17.4 Å². The van der Waals surface area contributed by atoms with Crippen LogP contribution in [0.1, 0.15) is 17.6 Å². The van der Waals surface area contributed by atoms with Crippen molar-refractivity contribution in [2.24, 2.45) is 0 Å². The Kier molecular flexibility index (Phi) is 2.50. The molecule has 2 nitrogen and oxygen atoms in total. The van der Waals surface area contributed by atoms with Crippen LogP contribution in [0.15, 0.2) is 18.5 Å². The first kappa shape index (κ1) is 9.58. The smallest absolute Gasteiger partial charge is 0.266 e. The maximum Gasteiger partial charge on any atom is 0.266 e. The Morgan fingerprint density at radius 2 is 2.21 bits per heavy atom. The summed E-state index contributed by atoms with van der Waals surface area (Å²) in [5.74, 6) is 0. The summed E-state index contributed by atoms with van der Waals surface area (Å²) in [5, 5.41) is 0.557. The number of alkyl halides is 3. The molecule has 0 aliphatic rings. The van der Waals surface area contributed by atoms with Crippen molar-refractivity contribution in [2.45, 2.75) is 11.8 Å². The molecule has 0 aliphatic heterocycles. The fourth-order valence-electron chi connectivity index (χ4n) is 1.38. The fourth-order valence-corrected chi connectivity index (χ4v) is 1.71. The molecule has 1 aromatic carbocycles. The molecule has 0 aliphatic carbocycles. The summed E-state index contributed by atoms with van der Waals surface area (Å²) >= 11 is 3.24. The number of imidazole rings is 1. The monoisotopic (exact) mass is 260 g/mol. The zero-order valence-electron chi connectivity index (χ0n) is 7.10. The standard InChI is InChI=1S/C9H7BrF2N2/c10-3-5-1-6(9(11)12)8-7(2-5)13-4-14-8/h1-2,4,9H,3H2,(H,13,14). The minimum Gasteiger partial charge on any atom is -0.345 e. The van der Waals surface area contributed by atoms with Crippen molar-refractivity contribution in [1.82, 2.24) is 9.97 Å². The Labute approximate surface area is 87.5 Å². The van der Waals surface area contributed by atoms with Gasteiger partial charge in [0, 0.05) is 10.9 Å². The second-order valence-electron chi connectivity index (χ2n) is 2.92. The molecule has 0 fully saturated rings. The minimum absolute atomic E-state index is 0.0156. The van der Waals surface area contributed by atoms with Crippen LogP contribution in [0.5, 0.6) is 0 Å². The number of benzene rings is 1. The first-order valence-corrected chi connectivity index (χ1v) is 5.14. The van der Waals surface area contributed by atoms with Gasteiger partial charge in [0.1, 0.15) is 0 Å². The molecule has 2 rings (SSSR count). The van der Waals surface area contributed by atoms with Gasteiger partial charge in [-0.15, -0.1) is 0 Å². The lowest BCUT2D eigenvalue weighted by atomic mass is 10.1. The van der Waals surface area contributed by atoms with Crippen molar-refractivity contribution < 1.29 is 8.78 Å². The molecule has 0 atom stereocenters. The predicted molar refractivity (Wildman–Crippen MR) is 53.7 cm³/mol. The molecule has 74 valence electrons. The normalized spacial score (nSPS) is 11.4. The van der Waals surface area contributed by atoms with Crippen LogP contribution in [0.3, 0.4) is 0 Å². The number of nitrogens with zero attached hydrogens (tertiary/aromatic N) is 1. The van der Waals surface area contributed by atoms with E-state index >= 15 is 0 Å². The number of nitrogens with one attached hydrogen (secondary N) is 1. The number of rotatable bonds is 2. The molecule has 0 unspecified atom stereocenters. The molecule has 1 heterocycles. The van der Waals surface area contributed by atoms with E-state index in [-0.39, 0.29) is 5.56 Å². The lowest BCUT2D eigenvalue weighted by Crippen LogP contribution is -1.89. The molecular formula is C9H7BrF2N2. The van der Waals surface area contributed by atoms with Gasteiger partial charge in [-0.2, -0.15) is 0 Å². The third-order valence-electron chi connectivity index (χ3n) is 2.00. The molecule has 0 saturated heterocycles. The second kappa shape index (κ2) is 3.65. The Hall–Kier alpha value is -0.970. The van der Waals surface area contributed by atoms with E-state index in [4.69, 9.17) is 0 Å². The number of hydrogen-bond donors (Lipinski definition) is 1. The summed E-state index contributed by atoms with van der Waals surface area (Å²) in [5.41, 5.74) is 1.80. The largest absolute Gasteiger partial charge is 0.345 e. The first-order chi connectivity index (χ1) is 6.72. The number of halogens is 3. The van der Waals surface area contributed by atoms with Crippen LogP contribution in [0, 0.1) is 0 Å². The number of H-pyrrole nitrogens is 1. The van der Waals surface area contributed by atoms with Gasteiger partial charge in [-0.1, -0.05) is 15.9 Å². The summed E-state index contributed by atoms with van der Waals surface area (Å²) in [6, 6.07) is 3.28. The van der Waals surface area contributed by atoms with E-state index in [0.717, 1.165) is 5.56 Å². The van der Waals surface area contributed by atoms with E-state index in [2.05, 4.69) is 25.9 Å². The Morgan fingerprint density at radius 1 is 1.43 bits per heavy atom. The molecule has 2 aromatic rings. The van der Waals surface area contributed by atoms with Gasteiger partial charge >= 0.3 is 0 Å². The lowest BCUT2D eigenvalue weighted by Gasteiger charge is -2.03. The van der Waals surface area contributed by atoms with E-state index in [1.807, 2.05) is 6.07 Å². The zero-order valence-corrected chi connectivity index (χ0v) is 8.68. The van der Waals surface area contributed by atoms with Gasteiger partial charge < -0.3 is 4.98 Å². The van der Waals surface area contributed by atoms with Gasteiger partial charge in [0.25, 0.3) is 6.43 Å². The second-order valence-corrected chi connectivity index (χ2v) is 3.48. The Bertz CT molecular complexity index is 453. The van der Waals surface area contributed by atoms with Crippen LogP contribution >= 0.6 is 15.9 Å². The average molecular weight is 261 g/mol. The fraction of sp³-hybridized carbons (Fsp3) is 0.222. The van der Waals surface area contributed by atoms with Gasteiger partial charge in [-0.05, 0) is 17.7 Å². The minimum atomic E-state index is -2.49. The van der Waals surface area contributed by atoms with Crippen molar-refractivity contribution in [3.63, 3.8) is 0 Å². The molecule has 0 bridgehead atoms. The third kappa shape index (κ3) is 1.52. The molecule has 0 spiro atoms. The highest BCUT2D eigenvalue weighted by molar-refractivity contribution is 9.08. The molecule has 0 amide bonds. The van der Waals surface area contributed by atoms with Crippen LogP contribution in [0.4, 0.5) is 8.78 Å². The quantitative estimate of drug-likeness (QED) is 0.824. The van der Waals surface area contributed by atoms with Gasteiger partial charge in [-0.3, -0.25) is 0 Å². The van der Waals surface area contributed by atoms with Gasteiger partial charge in [-0.25, -0.2) is 13.8 Å². The van der Waals surface area contributed by atoms with Crippen molar-refractivity contribution in [1.29, 1.82) is 0 Å². The Morgan fingerprint density at radius 3 is 2.86 bits per heavy atom. The molecule has 1 aromatic heterocycles. The van der Waals surface area contributed by atoms with E-state index < -0.39 is 6.43 Å². The van der Waals surface area contributed by atoms with Crippen LogP contribution in [0.2, 0.25) is 0 Å². The first-order valence-electron chi connectivity index (χ1n) is 4.02. The number of aromatic nitrogens is 2. The highest BCUT2D eigenvalue weighted by atomic mass is 79.9. The maximum absolute atomic E-state index is 12.6. The average Bonchev–Trinajstić information content (AvgIpc) is 2.63. The SMILES string of the molecule is FC(F)c1cc(CBr)cc2[nH]cnc12.